The zero-order valence-electron chi connectivity index (χ0n) is 21.1. The van der Waals surface area contributed by atoms with Gasteiger partial charge in [0.25, 0.3) is 0 Å². The lowest BCUT2D eigenvalue weighted by Gasteiger charge is -2.57. The molecule has 6 rings (SSSR count). The molecule has 6 heteroatoms. The number of nitrogens with zero attached hydrogens (tertiary/aromatic N) is 1. The summed E-state index contributed by atoms with van der Waals surface area (Å²) >= 11 is 1.90. The van der Waals surface area contributed by atoms with Gasteiger partial charge in [-0.3, -0.25) is 9.59 Å². The molecule has 5 fully saturated rings. The Labute approximate surface area is 208 Å². The number of hydrogen-bond donors (Lipinski definition) is 0. The molecular weight excluding hydrogens is 446 g/mol. The topological polar surface area (TPSA) is 55.8 Å². The third kappa shape index (κ3) is 2.73. The van der Waals surface area contributed by atoms with Crippen LogP contribution in [0, 0.1) is 34.5 Å². The van der Waals surface area contributed by atoms with Gasteiger partial charge in [0.2, 0.25) is 5.91 Å². The van der Waals surface area contributed by atoms with Crippen LogP contribution in [0.15, 0.2) is 23.8 Å². The summed E-state index contributed by atoms with van der Waals surface area (Å²) in [6.45, 7) is 12.1. The summed E-state index contributed by atoms with van der Waals surface area (Å²) in [4.78, 5) is 28.3. The summed E-state index contributed by atoms with van der Waals surface area (Å²) in [5.41, 5.74) is 1.93. The number of amides is 1. The van der Waals surface area contributed by atoms with E-state index in [4.69, 9.17) is 9.47 Å². The van der Waals surface area contributed by atoms with Gasteiger partial charge in [0.1, 0.15) is 11.0 Å². The molecule has 34 heavy (non-hydrogen) atoms. The molecule has 4 aliphatic heterocycles. The number of esters is 1. The van der Waals surface area contributed by atoms with Gasteiger partial charge in [-0.05, 0) is 68.3 Å². The number of carbonyl (C=O) groups is 2. The van der Waals surface area contributed by atoms with Crippen molar-refractivity contribution in [3.63, 3.8) is 0 Å². The van der Waals surface area contributed by atoms with Gasteiger partial charge in [0.15, 0.2) is 0 Å². The molecule has 9 atom stereocenters. The van der Waals surface area contributed by atoms with Gasteiger partial charge in [-0.2, -0.15) is 0 Å². The zero-order valence-corrected chi connectivity index (χ0v) is 21.9. The monoisotopic (exact) mass is 485 g/mol. The Hall–Kier alpha value is -1.27. The van der Waals surface area contributed by atoms with Gasteiger partial charge in [0.05, 0.1) is 24.5 Å². The van der Waals surface area contributed by atoms with Crippen LogP contribution in [-0.2, 0) is 19.1 Å². The molecule has 2 aliphatic carbocycles. The van der Waals surface area contributed by atoms with Crippen molar-refractivity contribution >= 4 is 23.6 Å². The number of rotatable bonds is 4. The molecule has 2 bridgehead atoms. The maximum atomic E-state index is 13.3. The van der Waals surface area contributed by atoms with Crippen molar-refractivity contribution in [2.45, 2.75) is 82.8 Å². The van der Waals surface area contributed by atoms with Crippen LogP contribution < -0.4 is 0 Å². The van der Waals surface area contributed by atoms with Crippen molar-refractivity contribution in [2.75, 3.05) is 19.4 Å². The predicted octanol–water partition coefficient (Wildman–Crippen LogP) is 4.96. The summed E-state index contributed by atoms with van der Waals surface area (Å²) in [7, 11) is 1.53. The number of thioether (sulfide) groups is 1. The SMILES string of the molecule is C=C1CC[C@@H]2[C@](C)(CCC[C@]2(C)C(=O)OC)[C@H]1CCC1=CC2OC13C(C(=O)N1CCSC13)C2C. The number of ether oxygens (including phenoxy) is 2. The van der Waals surface area contributed by atoms with Gasteiger partial charge < -0.3 is 14.4 Å². The Morgan fingerprint density at radius 1 is 1.35 bits per heavy atom. The first-order chi connectivity index (χ1) is 16.2. The standard InChI is InChI=1S/C28H39NO4S/c1-16-7-10-21-26(3,11-6-12-27(21,4)25(31)32-5)19(16)9-8-18-15-20-17(2)22-23(30)29-13-14-34-24(29)28(18,22)33-20/h15,17,19-22,24H,1,6-14H2,2-5H3/t17?,19-,20?,21+,22?,24?,26+,27-,28?/m0/s1. The van der Waals surface area contributed by atoms with E-state index in [0.717, 1.165) is 57.2 Å². The molecule has 0 aromatic rings. The van der Waals surface area contributed by atoms with Crippen molar-refractivity contribution in [3.8, 4) is 0 Å². The lowest BCUT2D eigenvalue weighted by Crippen LogP contribution is -2.53. The summed E-state index contributed by atoms with van der Waals surface area (Å²) in [5.74, 6) is 2.21. The van der Waals surface area contributed by atoms with E-state index >= 15 is 0 Å². The van der Waals surface area contributed by atoms with Crippen LogP contribution in [0.1, 0.15) is 65.7 Å². The largest absolute Gasteiger partial charge is 0.469 e. The molecule has 5 unspecified atom stereocenters. The molecule has 0 N–H and O–H groups in total. The maximum Gasteiger partial charge on any atom is 0.311 e. The van der Waals surface area contributed by atoms with Crippen LogP contribution in [0.4, 0.5) is 0 Å². The lowest BCUT2D eigenvalue weighted by atomic mass is 9.46. The molecule has 1 amide bonds. The van der Waals surface area contributed by atoms with Gasteiger partial charge in [-0.15, -0.1) is 11.8 Å². The lowest BCUT2D eigenvalue weighted by molar-refractivity contribution is -0.168. The second kappa shape index (κ2) is 7.61. The fraction of sp³-hybridized carbons (Fsp3) is 0.786. The first-order valence-electron chi connectivity index (χ1n) is 13.3. The third-order valence-electron chi connectivity index (χ3n) is 10.9. The Morgan fingerprint density at radius 3 is 2.91 bits per heavy atom. The van der Waals surface area contributed by atoms with Crippen LogP contribution in [-0.4, -0.2) is 53.3 Å². The van der Waals surface area contributed by atoms with E-state index in [2.05, 4.69) is 38.3 Å². The Balaban J connectivity index is 1.28. The van der Waals surface area contributed by atoms with Crippen LogP contribution in [0.3, 0.4) is 0 Å². The molecule has 5 nitrogen and oxygen atoms in total. The van der Waals surface area contributed by atoms with Crippen molar-refractivity contribution in [1.29, 1.82) is 0 Å². The molecule has 1 spiro atoms. The van der Waals surface area contributed by atoms with E-state index < -0.39 is 11.0 Å². The Kier molecular flexibility index (Phi) is 5.18. The minimum atomic E-state index is -0.425. The Bertz CT molecular complexity index is 977. The van der Waals surface area contributed by atoms with Crippen LogP contribution in [0.5, 0.6) is 0 Å². The third-order valence-corrected chi connectivity index (χ3v) is 12.2. The quantitative estimate of drug-likeness (QED) is 0.416. The summed E-state index contributed by atoms with van der Waals surface area (Å²) < 4.78 is 12.0. The maximum absolute atomic E-state index is 13.3. The summed E-state index contributed by atoms with van der Waals surface area (Å²) in [6.07, 6.45) is 9.55. The van der Waals surface area contributed by atoms with Gasteiger partial charge >= 0.3 is 5.97 Å². The number of hydrogen-bond acceptors (Lipinski definition) is 5. The highest BCUT2D eigenvalue weighted by Crippen LogP contribution is 2.65. The van der Waals surface area contributed by atoms with E-state index in [9.17, 15) is 9.59 Å². The van der Waals surface area contributed by atoms with Crippen molar-refractivity contribution in [3.05, 3.63) is 23.8 Å². The highest BCUT2D eigenvalue weighted by Gasteiger charge is 2.72. The van der Waals surface area contributed by atoms with Crippen molar-refractivity contribution in [1.82, 2.24) is 4.90 Å². The molecule has 4 heterocycles. The van der Waals surface area contributed by atoms with E-state index in [1.807, 2.05) is 11.8 Å². The van der Waals surface area contributed by atoms with Crippen molar-refractivity contribution < 1.29 is 19.1 Å². The fourth-order valence-corrected chi connectivity index (χ4v) is 10.8. The number of allylic oxidation sites excluding steroid dienone is 1. The molecule has 186 valence electrons. The molecule has 0 aromatic heterocycles. The normalized spacial score (nSPS) is 49.1. The molecular formula is C28H39NO4S. The molecule has 6 aliphatic rings. The number of methoxy groups -OCH3 is 1. The molecule has 0 radical (unpaired) electrons. The highest BCUT2D eigenvalue weighted by molar-refractivity contribution is 8.00. The van der Waals surface area contributed by atoms with E-state index in [1.165, 1.54) is 18.3 Å². The van der Waals surface area contributed by atoms with Crippen LogP contribution in [0.25, 0.3) is 0 Å². The summed E-state index contributed by atoms with van der Waals surface area (Å²) in [5, 5.41) is 0.140. The van der Waals surface area contributed by atoms with E-state index in [-0.39, 0.29) is 34.7 Å². The first kappa shape index (κ1) is 23.1. The van der Waals surface area contributed by atoms with Crippen LogP contribution >= 0.6 is 11.8 Å². The fourth-order valence-electron chi connectivity index (χ4n) is 9.32. The number of carbonyl (C=O) groups excluding carboxylic acids is 2. The van der Waals surface area contributed by atoms with Crippen LogP contribution in [0.2, 0.25) is 0 Å². The minimum absolute atomic E-state index is 0.0227. The van der Waals surface area contributed by atoms with Gasteiger partial charge in [-0.25, -0.2) is 0 Å². The second-order valence-corrected chi connectivity index (χ2v) is 13.5. The van der Waals surface area contributed by atoms with E-state index in [1.54, 1.807) is 0 Å². The average Bonchev–Trinajstić information content (AvgIpc) is 3.53. The smallest absolute Gasteiger partial charge is 0.311 e. The average molecular weight is 486 g/mol. The number of fused-ring (bicyclic) bond motifs is 3. The zero-order chi connectivity index (χ0) is 24.0. The van der Waals surface area contributed by atoms with Gasteiger partial charge in [-0.1, -0.05) is 38.5 Å². The molecule has 3 saturated heterocycles. The molecule has 0 aromatic carbocycles. The summed E-state index contributed by atoms with van der Waals surface area (Å²) in [6, 6.07) is 0. The van der Waals surface area contributed by atoms with Gasteiger partial charge in [0, 0.05) is 18.2 Å². The predicted molar refractivity (Wildman–Crippen MR) is 133 cm³/mol. The second-order valence-electron chi connectivity index (χ2n) is 12.3. The molecule has 2 saturated carbocycles. The Morgan fingerprint density at radius 2 is 2.15 bits per heavy atom. The highest BCUT2D eigenvalue weighted by atomic mass is 32.2. The van der Waals surface area contributed by atoms with Crippen molar-refractivity contribution in [2.24, 2.45) is 34.5 Å². The minimum Gasteiger partial charge on any atom is -0.469 e. The van der Waals surface area contributed by atoms with E-state index in [0.29, 0.717) is 17.7 Å². The first-order valence-corrected chi connectivity index (χ1v) is 14.3.